The molecule has 0 aliphatic heterocycles. The van der Waals surface area contributed by atoms with E-state index in [1.807, 2.05) is 0 Å². The van der Waals surface area contributed by atoms with Gasteiger partial charge in [-0.25, -0.2) is 0 Å². The van der Waals surface area contributed by atoms with Crippen molar-refractivity contribution in [1.82, 2.24) is 0 Å². The Labute approximate surface area is 124 Å². The highest BCUT2D eigenvalue weighted by Gasteiger charge is 2.18. The summed E-state index contributed by atoms with van der Waals surface area (Å²) in [7, 11) is 0.954. The third-order valence-corrected chi connectivity index (χ3v) is 5.68. The quantitative estimate of drug-likeness (QED) is 0.658. The van der Waals surface area contributed by atoms with Crippen LogP contribution in [0.25, 0.3) is 0 Å². The van der Waals surface area contributed by atoms with Gasteiger partial charge in [0.1, 0.15) is 0 Å². The zero-order valence-electron chi connectivity index (χ0n) is 13.3. The molecule has 1 N–H and O–H groups in total. The lowest BCUT2D eigenvalue weighted by molar-refractivity contribution is 0.102. The van der Waals surface area contributed by atoms with Crippen molar-refractivity contribution in [2.45, 2.75) is 108 Å². The second-order valence-electron chi connectivity index (χ2n) is 6.95. The SMILES string of the molecule is OC1([SiH3])CCCCCCCCCCCCCCCC1. The number of hydrogen-bond acceptors (Lipinski definition) is 1. The van der Waals surface area contributed by atoms with Crippen LogP contribution in [0.3, 0.4) is 0 Å². The molecule has 0 spiro atoms. The number of hydrogen-bond donors (Lipinski definition) is 1. The third-order valence-electron chi connectivity index (χ3n) is 4.68. The van der Waals surface area contributed by atoms with E-state index in [4.69, 9.17) is 0 Å². The van der Waals surface area contributed by atoms with Gasteiger partial charge in [0.25, 0.3) is 0 Å². The highest BCUT2D eigenvalue weighted by molar-refractivity contribution is 6.14. The monoisotopic (exact) mass is 284 g/mol. The lowest BCUT2D eigenvalue weighted by Crippen LogP contribution is -2.28. The molecule has 0 atom stereocenters. The second kappa shape index (κ2) is 10.9. The molecule has 1 saturated carbocycles. The van der Waals surface area contributed by atoms with Crippen molar-refractivity contribution in [3.8, 4) is 0 Å². The van der Waals surface area contributed by atoms with Crippen LogP contribution in [-0.4, -0.2) is 20.6 Å². The summed E-state index contributed by atoms with van der Waals surface area (Å²) >= 11 is 0. The van der Waals surface area contributed by atoms with Gasteiger partial charge in [-0.3, -0.25) is 0 Å². The lowest BCUT2D eigenvalue weighted by atomic mass is 10.0. The van der Waals surface area contributed by atoms with Crippen molar-refractivity contribution in [2.75, 3.05) is 0 Å². The highest BCUT2D eigenvalue weighted by atomic mass is 28.1. The van der Waals surface area contributed by atoms with Crippen LogP contribution in [-0.2, 0) is 0 Å². The van der Waals surface area contributed by atoms with Crippen molar-refractivity contribution in [3.63, 3.8) is 0 Å². The van der Waals surface area contributed by atoms with Crippen LogP contribution in [0, 0.1) is 0 Å². The normalized spacial score (nSPS) is 25.7. The summed E-state index contributed by atoms with van der Waals surface area (Å²) in [6.07, 6.45) is 21.6. The smallest absolute Gasteiger partial charge is 0.0452 e. The standard InChI is InChI=1S/C17H36OSi/c18-17(19)15-13-11-9-7-5-3-1-2-4-6-8-10-12-14-16-17/h18H,1-16H2,19H3. The minimum Gasteiger partial charge on any atom is -0.394 e. The van der Waals surface area contributed by atoms with E-state index >= 15 is 0 Å². The van der Waals surface area contributed by atoms with Gasteiger partial charge in [-0.15, -0.1) is 0 Å². The molecule has 0 saturated heterocycles. The van der Waals surface area contributed by atoms with Crippen molar-refractivity contribution >= 4 is 10.2 Å². The molecule has 0 aromatic carbocycles. The Balaban J connectivity index is 2.20. The molecule has 1 fully saturated rings. The molecule has 0 aromatic rings. The Hall–Kier alpha value is 0.177. The van der Waals surface area contributed by atoms with Crippen LogP contribution in [0.5, 0.6) is 0 Å². The molecular weight excluding hydrogens is 248 g/mol. The molecule has 1 aliphatic rings. The van der Waals surface area contributed by atoms with Gasteiger partial charge in [0, 0.05) is 15.5 Å². The van der Waals surface area contributed by atoms with E-state index in [1.165, 1.54) is 89.9 Å². The van der Waals surface area contributed by atoms with Crippen molar-refractivity contribution < 1.29 is 5.11 Å². The van der Waals surface area contributed by atoms with Gasteiger partial charge in [0.2, 0.25) is 0 Å². The lowest BCUT2D eigenvalue weighted by Gasteiger charge is -2.23. The van der Waals surface area contributed by atoms with Crippen LogP contribution in [0.2, 0.25) is 0 Å². The maximum absolute atomic E-state index is 10.4. The third kappa shape index (κ3) is 10.6. The molecule has 2 heteroatoms. The number of aliphatic hydroxyl groups is 1. The van der Waals surface area contributed by atoms with Crippen molar-refractivity contribution in [2.24, 2.45) is 0 Å². The van der Waals surface area contributed by atoms with Gasteiger partial charge >= 0.3 is 0 Å². The molecule has 1 nitrogen and oxygen atoms in total. The molecule has 0 unspecified atom stereocenters. The summed E-state index contributed by atoms with van der Waals surface area (Å²) in [6, 6.07) is 0. The van der Waals surface area contributed by atoms with Crippen LogP contribution in [0.15, 0.2) is 0 Å². The van der Waals surface area contributed by atoms with Crippen molar-refractivity contribution in [1.29, 1.82) is 0 Å². The fourth-order valence-corrected chi connectivity index (χ4v) is 3.97. The molecule has 0 heterocycles. The van der Waals surface area contributed by atoms with Crippen LogP contribution in [0.4, 0.5) is 0 Å². The summed E-state index contributed by atoms with van der Waals surface area (Å²) in [5, 5.41) is 10.1. The second-order valence-corrected chi connectivity index (χ2v) is 8.81. The number of rotatable bonds is 0. The van der Waals surface area contributed by atoms with E-state index in [0.29, 0.717) is 0 Å². The Morgan fingerprint density at radius 2 is 0.684 bits per heavy atom. The fourth-order valence-electron chi connectivity index (χ4n) is 3.26. The maximum Gasteiger partial charge on any atom is 0.0452 e. The zero-order valence-corrected chi connectivity index (χ0v) is 15.3. The highest BCUT2D eigenvalue weighted by Crippen LogP contribution is 2.21. The Morgan fingerprint density at radius 1 is 0.474 bits per heavy atom. The molecule has 0 bridgehead atoms. The van der Waals surface area contributed by atoms with Crippen LogP contribution < -0.4 is 0 Å². The molecule has 1 aliphatic carbocycles. The molecular formula is C17H36OSi. The first-order chi connectivity index (χ1) is 9.21. The molecule has 114 valence electrons. The van der Waals surface area contributed by atoms with Gasteiger partial charge in [0.15, 0.2) is 0 Å². The van der Waals surface area contributed by atoms with E-state index < -0.39 is 0 Å². The Kier molecular flexibility index (Phi) is 9.89. The summed E-state index contributed by atoms with van der Waals surface area (Å²) in [5.41, 5.74) is 0. The topological polar surface area (TPSA) is 20.2 Å². The first-order valence-corrected chi connectivity index (χ1v) is 9.93. The van der Waals surface area contributed by atoms with E-state index in [-0.39, 0.29) is 5.22 Å². The van der Waals surface area contributed by atoms with Crippen LogP contribution >= 0.6 is 0 Å². The minimum absolute atomic E-state index is 0.256. The van der Waals surface area contributed by atoms with E-state index in [2.05, 4.69) is 0 Å². The largest absolute Gasteiger partial charge is 0.394 e. The fraction of sp³-hybridized carbons (Fsp3) is 1.00. The van der Waals surface area contributed by atoms with E-state index in [1.54, 1.807) is 0 Å². The Morgan fingerprint density at radius 3 is 0.947 bits per heavy atom. The van der Waals surface area contributed by atoms with Gasteiger partial charge in [-0.1, -0.05) is 89.9 Å². The summed E-state index contributed by atoms with van der Waals surface area (Å²) < 4.78 is 0. The predicted octanol–water partition coefficient (Wildman–Crippen LogP) is 4.30. The average molecular weight is 285 g/mol. The van der Waals surface area contributed by atoms with Gasteiger partial charge < -0.3 is 5.11 Å². The summed E-state index contributed by atoms with van der Waals surface area (Å²) in [5.74, 6) is 0. The summed E-state index contributed by atoms with van der Waals surface area (Å²) in [6.45, 7) is 0. The van der Waals surface area contributed by atoms with Crippen LogP contribution in [0.1, 0.15) is 103 Å². The van der Waals surface area contributed by atoms with Crippen molar-refractivity contribution in [3.05, 3.63) is 0 Å². The maximum atomic E-state index is 10.4. The molecule has 19 heavy (non-hydrogen) atoms. The first kappa shape index (κ1) is 17.2. The molecule has 0 aromatic heterocycles. The Bertz CT molecular complexity index is 183. The average Bonchev–Trinajstić information content (AvgIpc) is 2.37. The van der Waals surface area contributed by atoms with Gasteiger partial charge in [-0.2, -0.15) is 0 Å². The molecule has 0 amide bonds. The predicted molar refractivity (Wildman–Crippen MR) is 88.8 cm³/mol. The molecule has 0 radical (unpaired) electrons. The van der Waals surface area contributed by atoms with Gasteiger partial charge in [0.05, 0.1) is 0 Å². The van der Waals surface area contributed by atoms with E-state index in [0.717, 1.165) is 23.1 Å². The van der Waals surface area contributed by atoms with E-state index in [9.17, 15) is 5.11 Å². The minimum atomic E-state index is -0.256. The summed E-state index contributed by atoms with van der Waals surface area (Å²) in [4.78, 5) is 0. The molecule has 1 rings (SSSR count). The van der Waals surface area contributed by atoms with Gasteiger partial charge in [-0.05, 0) is 12.8 Å². The zero-order chi connectivity index (χ0) is 13.8. The first-order valence-electron chi connectivity index (χ1n) is 8.93.